The highest BCUT2D eigenvalue weighted by Crippen LogP contribution is 2.51. The number of hydrogen-bond acceptors (Lipinski definition) is 5. The number of benzene rings is 2. The van der Waals surface area contributed by atoms with Crippen molar-refractivity contribution in [3.63, 3.8) is 0 Å². The standard InChI is InChI=1S/C24H22N2O3/c25-14-16-3-1-4-17(11-16)20-6-2-5-19(26-20)13-23(27)24(9-10-24)18-7-8-21-22(12-18)29-15-28-21/h1-8,11-12H,9-10,13-15,25H2. The molecule has 0 saturated heterocycles. The Balaban J connectivity index is 1.38. The normalized spacial score (nSPS) is 15.9. The second-order valence-electron chi connectivity index (χ2n) is 7.67. The zero-order valence-corrected chi connectivity index (χ0v) is 16.1. The molecule has 0 atom stereocenters. The largest absolute Gasteiger partial charge is 0.454 e. The molecule has 2 aliphatic rings. The van der Waals surface area contributed by atoms with Gasteiger partial charge in [-0.15, -0.1) is 0 Å². The lowest BCUT2D eigenvalue weighted by atomic mass is 9.88. The van der Waals surface area contributed by atoms with E-state index in [-0.39, 0.29) is 12.6 Å². The van der Waals surface area contributed by atoms with Gasteiger partial charge in [0.25, 0.3) is 0 Å². The molecule has 0 bridgehead atoms. The third-order valence-corrected chi connectivity index (χ3v) is 5.82. The Hall–Kier alpha value is -3.18. The van der Waals surface area contributed by atoms with E-state index in [0.29, 0.717) is 13.0 Å². The fourth-order valence-corrected chi connectivity index (χ4v) is 3.98. The molecule has 1 fully saturated rings. The van der Waals surface area contributed by atoms with E-state index in [0.717, 1.165) is 52.4 Å². The third-order valence-electron chi connectivity index (χ3n) is 5.82. The number of carbonyl (C=O) groups excluding carboxylic acids is 1. The summed E-state index contributed by atoms with van der Waals surface area (Å²) in [6.07, 6.45) is 2.05. The lowest BCUT2D eigenvalue weighted by Crippen LogP contribution is -2.23. The van der Waals surface area contributed by atoms with Gasteiger partial charge in [0.15, 0.2) is 11.5 Å². The molecule has 3 aromatic rings. The molecular weight excluding hydrogens is 364 g/mol. The van der Waals surface area contributed by atoms with Crippen molar-refractivity contribution < 1.29 is 14.3 Å². The van der Waals surface area contributed by atoms with Crippen LogP contribution in [0.3, 0.4) is 0 Å². The van der Waals surface area contributed by atoms with Gasteiger partial charge >= 0.3 is 0 Å². The molecule has 0 spiro atoms. The minimum absolute atomic E-state index is 0.205. The zero-order chi connectivity index (χ0) is 19.8. The molecule has 2 N–H and O–H groups in total. The van der Waals surface area contributed by atoms with Gasteiger partial charge in [-0.05, 0) is 54.3 Å². The number of nitrogens with zero attached hydrogens (tertiary/aromatic N) is 1. The Labute approximate surface area is 169 Å². The summed E-state index contributed by atoms with van der Waals surface area (Å²) >= 11 is 0. The molecule has 0 amide bonds. The van der Waals surface area contributed by atoms with Crippen molar-refractivity contribution in [1.29, 1.82) is 0 Å². The summed E-state index contributed by atoms with van der Waals surface area (Å²) in [5, 5.41) is 0. The van der Waals surface area contributed by atoms with E-state index in [1.54, 1.807) is 0 Å². The SMILES string of the molecule is NCc1cccc(-c2cccc(CC(=O)C3(c4ccc5c(c4)OCO5)CC3)n2)c1. The average molecular weight is 386 g/mol. The van der Waals surface area contributed by atoms with Crippen LogP contribution in [0.1, 0.15) is 29.7 Å². The highest BCUT2D eigenvalue weighted by Gasteiger charge is 2.50. The maximum absolute atomic E-state index is 13.2. The molecular formula is C24H22N2O3. The van der Waals surface area contributed by atoms with Gasteiger partial charge in [-0.2, -0.15) is 0 Å². The number of carbonyl (C=O) groups is 1. The van der Waals surface area contributed by atoms with Crippen LogP contribution in [0.25, 0.3) is 11.3 Å². The summed E-state index contributed by atoms with van der Waals surface area (Å²) in [6, 6.07) is 19.7. The quantitative estimate of drug-likeness (QED) is 0.698. The van der Waals surface area contributed by atoms with Gasteiger partial charge in [-0.3, -0.25) is 9.78 Å². The molecule has 0 radical (unpaired) electrons. The minimum atomic E-state index is -0.419. The number of aromatic nitrogens is 1. The minimum Gasteiger partial charge on any atom is -0.454 e. The summed E-state index contributed by atoms with van der Waals surface area (Å²) in [6.45, 7) is 0.728. The van der Waals surface area contributed by atoms with Gasteiger partial charge in [0.2, 0.25) is 6.79 Å². The van der Waals surface area contributed by atoms with E-state index in [9.17, 15) is 4.79 Å². The molecule has 5 nitrogen and oxygen atoms in total. The second-order valence-corrected chi connectivity index (χ2v) is 7.67. The molecule has 1 aromatic heterocycles. The number of ether oxygens (including phenoxy) is 2. The van der Waals surface area contributed by atoms with Gasteiger partial charge < -0.3 is 15.2 Å². The fourth-order valence-electron chi connectivity index (χ4n) is 3.98. The van der Waals surface area contributed by atoms with E-state index in [4.69, 9.17) is 20.2 Å². The smallest absolute Gasteiger partial charge is 0.231 e. The van der Waals surface area contributed by atoms with Crippen LogP contribution in [0.5, 0.6) is 11.5 Å². The van der Waals surface area contributed by atoms with Gasteiger partial charge in [-0.25, -0.2) is 0 Å². The number of rotatable bonds is 6. The van der Waals surface area contributed by atoms with Crippen LogP contribution in [0.15, 0.2) is 60.7 Å². The first-order valence-electron chi connectivity index (χ1n) is 9.87. The molecule has 2 heterocycles. The van der Waals surface area contributed by atoms with Crippen LogP contribution in [-0.4, -0.2) is 17.6 Å². The Morgan fingerprint density at radius 2 is 1.83 bits per heavy atom. The Morgan fingerprint density at radius 3 is 2.66 bits per heavy atom. The van der Waals surface area contributed by atoms with Crippen molar-refractivity contribution >= 4 is 5.78 Å². The third kappa shape index (κ3) is 3.28. The predicted octanol–water partition coefficient (Wildman–Crippen LogP) is 3.78. The van der Waals surface area contributed by atoms with Crippen molar-refractivity contribution in [2.24, 2.45) is 5.73 Å². The summed E-state index contributed by atoms with van der Waals surface area (Å²) in [4.78, 5) is 18.0. The van der Waals surface area contributed by atoms with Gasteiger partial charge in [-0.1, -0.05) is 30.3 Å². The summed E-state index contributed by atoms with van der Waals surface area (Å²) in [5.41, 5.74) is 10.1. The molecule has 29 heavy (non-hydrogen) atoms. The van der Waals surface area contributed by atoms with Crippen molar-refractivity contribution in [1.82, 2.24) is 4.98 Å². The molecule has 2 aromatic carbocycles. The molecule has 146 valence electrons. The first kappa shape index (κ1) is 17.9. The molecule has 5 rings (SSSR count). The monoisotopic (exact) mass is 386 g/mol. The zero-order valence-electron chi connectivity index (χ0n) is 16.1. The van der Waals surface area contributed by atoms with E-state index in [2.05, 4.69) is 0 Å². The van der Waals surface area contributed by atoms with Crippen LogP contribution < -0.4 is 15.2 Å². The number of pyridine rings is 1. The molecule has 5 heteroatoms. The maximum atomic E-state index is 13.2. The molecule has 1 aliphatic heterocycles. The van der Waals surface area contributed by atoms with Gasteiger partial charge in [0, 0.05) is 24.2 Å². The van der Waals surface area contributed by atoms with Crippen molar-refractivity contribution in [3.05, 3.63) is 77.5 Å². The Morgan fingerprint density at radius 1 is 1.00 bits per heavy atom. The van der Waals surface area contributed by atoms with Gasteiger partial charge in [0.05, 0.1) is 11.1 Å². The number of nitrogens with two attached hydrogens (primary N) is 1. The summed E-state index contributed by atoms with van der Waals surface area (Å²) < 4.78 is 10.9. The van der Waals surface area contributed by atoms with Crippen LogP contribution in [0.2, 0.25) is 0 Å². The maximum Gasteiger partial charge on any atom is 0.231 e. The predicted molar refractivity (Wildman–Crippen MR) is 110 cm³/mol. The molecule has 1 aliphatic carbocycles. The molecule has 0 unspecified atom stereocenters. The lowest BCUT2D eigenvalue weighted by molar-refractivity contribution is -0.120. The number of Topliss-reactive ketones (excluding diaryl/α,β-unsaturated/α-hetero) is 1. The number of hydrogen-bond donors (Lipinski definition) is 1. The Kier molecular flexibility index (Phi) is 4.32. The van der Waals surface area contributed by atoms with Crippen LogP contribution in [-0.2, 0) is 23.2 Å². The van der Waals surface area contributed by atoms with Crippen LogP contribution >= 0.6 is 0 Å². The topological polar surface area (TPSA) is 74.4 Å². The highest BCUT2D eigenvalue weighted by atomic mass is 16.7. The average Bonchev–Trinajstić information content (AvgIpc) is 3.45. The van der Waals surface area contributed by atoms with Crippen LogP contribution in [0.4, 0.5) is 0 Å². The lowest BCUT2D eigenvalue weighted by Gasteiger charge is -2.15. The second kappa shape index (κ2) is 7.01. The Bertz CT molecular complexity index is 1090. The molecule has 1 saturated carbocycles. The van der Waals surface area contributed by atoms with E-state index in [1.807, 2.05) is 60.7 Å². The first-order valence-corrected chi connectivity index (χ1v) is 9.87. The van der Waals surface area contributed by atoms with Crippen molar-refractivity contribution in [2.45, 2.75) is 31.2 Å². The number of ketones is 1. The highest BCUT2D eigenvalue weighted by molar-refractivity contribution is 5.94. The van der Waals surface area contributed by atoms with Crippen molar-refractivity contribution in [3.8, 4) is 22.8 Å². The van der Waals surface area contributed by atoms with E-state index >= 15 is 0 Å². The number of fused-ring (bicyclic) bond motifs is 1. The summed E-state index contributed by atoms with van der Waals surface area (Å²) in [5.74, 6) is 1.67. The fraction of sp³-hybridized carbons (Fsp3) is 0.250. The van der Waals surface area contributed by atoms with E-state index in [1.165, 1.54) is 0 Å². The first-order chi connectivity index (χ1) is 14.2. The van der Waals surface area contributed by atoms with E-state index < -0.39 is 5.41 Å². The summed E-state index contributed by atoms with van der Waals surface area (Å²) in [7, 11) is 0. The van der Waals surface area contributed by atoms with Gasteiger partial charge in [0.1, 0.15) is 5.78 Å². The van der Waals surface area contributed by atoms with Crippen LogP contribution in [0, 0.1) is 0 Å². The van der Waals surface area contributed by atoms with Crippen molar-refractivity contribution in [2.75, 3.05) is 6.79 Å².